The fourth-order valence-electron chi connectivity index (χ4n) is 3.96. The van der Waals surface area contributed by atoms with Crippen LogP contribution in [0.5, 0.6) is 0 Å². The molecule has 0 atom stereocenters. The number of ether oxygens (including phenoxy) is 1. The van der Waals surface area contributed by atoms with Crippen molar-refractivity contribution in [3.05, 3.63) is 29.3 Å². The van der Waals surface area contributed by atoms with Crippen LogP contribution in [0.3, 0.4) is 0 Å². The Bertz CT molecular complexity index is 800. The number of rotatable bonds is 5. The first-order valence-electron chi connectivity index (χ1n) is 9.34. The number of nitrogens with one attached hydrogen (secondary N) is 2. The third kappa shape index (κ3) is 5.05. The average Bonchev–Trinajstić information content (AvgIpc) is 3.02. The molecule has 27 heavy (non-hydrogen) atoms. The highest BCUT2D eigenvalue weighted by Gasteiger charge is 2.37. The van der Waals surface area contributed by atoms with E-state index in [2.05, 4.69) is 48.3 Å². The molecule has 0 aliphatic carbocycles. The van der Waals surface area contributed by atoms with Gasteiger partial charge < -0.3 is 15.4 Å². The molecule has 0 amide bonds. The van der Waals surface area contributed by atoms with Gasteiger partial charge in [0.25, 0.3) is 0 Å². The maximum Gasteiger partial charge on any atom is 0.348 e. The van der Waals surface area contributed by atoms with Gasteiger partial charge in [0.2, 0.25) is 5.95 Å². The number of nitrogens with zero attached hydrogens (tertiary/aromatic N) is 2. The third-order valence-corrected chi connectivity index (χ3v) is 5.60. The molecule has 1 aliphatic heterocycles. The van der Waals surface area contributed by atoms with Crippen molar-refractivity contribution in [2.45, 2.75) is 64.6 Å². The lowest BCUT2D eigenvalue weighted by molar-refractivity contribution is 0.0532. The molecule has 3 heterocycles. The van der Waals surface area contributed by atoms with E-state index in [0.29, 0.717) is 23.5 Å². The highest BCUT2D eigenvalue weighted by atomic mass is 32.1. The smallest absolute Gasteiger partial charge is 0.348 e. The molecule has 2 aromatic heterocycles. The number of carbonyl (C=O) groups excluding carboxylic acids is 1. The number of carbonyl (C=O) groups is 1. The van der Waals surface area contributed by atoms with Crippen molar-refractivity contribution in [1.29, 1.82) is 0 Å². The van der Waals surface area contributed by atoms with E-state index in [4.69, 9.17) is 4.74 Å². The van der Waals surface area contributed by atoms with Crippen molar-refractivity contribution in [2.24, 2.45) is 0 Å². The van der Waals surface area contributed by atoms with E-state index >= 15 is 0 Å². The lowest BCUT2D eigenvalue weighted by atomic mass is 9.80. The second-order valence-corrected chi connectivity index (χ2v) is 9.38. The molecule has 1 fully saturated rings. The number of anilines is 1. The summed E-state index contributed by atoms with van der Waals surface area (Å²) in [5, 5.41) is 7.19. The Morgan fingerprint density at radius 2 is 1.96 bits per heavy atom. The number of hydrogen-bond acceptors (Lipinski definition) is 7. The van der Waals surface area contributed by atoms with E-state index in [1.807, 2.05) is 12.1 Å². The summed E-state index contributed by atoms with van der Waals surface area (Å²) < 4.78 is 5.06. The Morgan fingerprint density at radius 1 is 1.26 bits per heavy atom. The molecular formula is C20H28N4O2S. The van der Waals surface area contributed by atoms with Gasteiger partial charge in [-0.15, -0.1) is 11.3 Å². The summed E-state index contributed by atoms with van der Waals surface area (Å²) in [7, 11) is 0. The topological polar surface area (TPSA) is 76.1 Å². The molecule has 146 valence electrons. The second-order valence-electron chi connectivity index (χ2n) is 8.29. The van der Waals surface area contributed by atoms with Gasteiger partial charge in [-0.05, 0) is 65.7 Å². The predicted octanol–water partition coefficient (Wildman–Crippen LogP) is 4.10. The molecule has 6 nitrogen and oxygen atoms in total. The number of thiophene rings is 1. The predicted molar refractivity (Wildman–Crippen MR) is 109 cm³/mol. The standard InChI is InChI=1S/C20H28N4O2S/c1-6-26-17(25)16-8-7-15(27-16)14-9-10-21-18(23-14)22-13-11-19(2,3)24-20(4,5)12-13/h7-10,13,24H,6,11-12H2,1-5H3,(H,21,22,23). The summed E-state index contributed by atoms with van der Waals surface area (Å²) in [5.74, 6) is 0.331. The monoisotopic (exact) mass is 388 g/mol. The number of piperidine rings is 1. The molecule has 0 unspecified atom stereocenters. The van der Waals surface area contributed by atoms with Gasteiger partial charge in [-0.1, -0.05) is 0 Å². The quantitative estimate of drug-likeness (QED) is 0.751. The number of aromatic nitrogens is 2. The molecule has 0 saturated carbocycles. The molecule has 2 N–H and O–H groups in total. The normalized spacial score (nSPS) is 18.9. The highest BCUT2D eigenvalue weighted by molar-refractivity contribution is 7.17. The van der Waals surface area contributed by atoms with Crippen molar-refractivity contribution in [2.75, 3.05) is 11.9 Å². The Hall–Kier alpha value is -1.99. The lowest BCUT2D eigenvalue weighted by Gasteiger charge is -2.46. The number of hydrogen-bond donors (Lipinski definition) is 2. The van der Waals surface area contributed by atoms with Gasteiger partial charge in [-0.25, -0.2) is 14.8 Å². The Labute approximate surface area is 164 Å². The van der Waals surface area contributed by atoms with Crippen LogP contribution < -0.4 is 10.6 Å². The summed E-state index contributed by atoms with van der Waals surface area (Å²) in [6.45, 7) is 11.1. The minimum Gasteiger partial charge on any atom is -0.462 e. The van der Waals surface area contributed by atoms with Crippen LogP contribution in [-0.2, 0) is 4.74 Å². The van der Waals surface area contributed by atoms with Gasteiger partial charge in [0.15, 0.2) is 0 Å². The van der Waals surface area contributed by atoms with E-state index in [1.54, 1.807) is 19.2 Å². The minimum absolute atomic E-state index is 0.0549. The van der Waals surface area contributed by atoms with Crippen molar-refractivity contribution in [1.82, 2.24) is 15.3 Å². The summed E-state index contributed by atoms with van der Waals surface area (Å²) in [6.07, 6.45) is 3.75. The molecule has 0 spiro atoms. The van der Waals surface area contributed by atoms with Crippen LogP contribution in [0.2, 0.25) is 0 Å². The first kappa shape index (κ1) is 19.8. The Kier molecular flexibility index (Phi) is 5.53. The van der Waals surface area contributed by atoms with Gasteiger partial charge in [-0.2, -0.15) is 0 Å². The van der Waals surface area contributed by atoms with Crippen LogP contribution in [0.15, 0.2) is 24.4 Å². The molecule has 7 heteroatoms. The van der Waals surface area contributed by atoms with E-state index in [9.17, 15) is 4.79 Å². The van der Waals surface area contributed by atoms with Gasteiger partial charge >= 0.3 is 5.97 Å². The average molecular weight is 389 g/mol. The van der Waals surface area contributed by atoms with Crippen LogP contribution in [-0.4, -0.2) is 39.7 Å². The third-order valence-electron chi connectivity index (χ3n) is 4.51. The van der Waals surface area contributed by atoms with Crippen LogP contribution in [0.1, 0.15) is 57.1 Å². The first-order valence-corrected chi connectivity index (χ1v) is 10.2. The van der Waals surface area contributed by atoms with Crippen LogP contribution in [0, 0.1) is 0 Å². The van der Waals surface area contributed by atoms with Crippen LogP contribution in [0.4, 0.5) is 5.95 Å². The van der Waals surface area contributed by atoms with E-state index < -0.39 is 0 Å². The van der Waals surface area contributed by atoms with E-state index in [1.165, 1.54) is 11.3 Å². The summed E-state index contributed by atoms with van der Waals surface area (Å²) in [4.78, 5) is 22.5. The summed E-state index contributed by atoms with van der Waals surface area (Å²) >= 11 is 1.39. The maximum atomic E-state index is 11.9. The number of esters is 1. The minimum atomic E-state index is -0.291. The Morgan fingerprint density at radius 3 is 2.63 bits per heavy atom. The van der Waals surface area contributed by atoms with Crippen molar-refractivity contribution in [3.8, 4) is 10.6 Å². The molecule has 1 aliphatic rings. The van der Waals surface area contributed by atoms with Crippen molar-refractivity contribution in [3.63, 3.8) is 0 Å². The molecule has 3 rings (SSSR count). The SMILES string of the molecule is CCOC(=O)c1ccc(-c2ccnc(NC3CC(C)(C)NC(C)(C)C3)n2)s1. The van der Waals surface area contributed by atoms with Gasteiger partial charge in [-0.3, -0.25) is 0 Å². The van der Waals surface area contributed by atoms with Gasteiger partial charge in [0, 0.05) is 23.3 Å². The largest absolute Gasteiger partial charge is 0.462 e. The maximum absolute atomic E-state index is 11.9. The van der Waals surface area contributed by atoms with E-state index in [-0.39, 0.29) is 17.0 Å². The molecule has 0 aromatic carbocycles. The van der Waals surface area contributed by atoms with Crippen LogP contribution in [0.25, 0.3) is 10.6 Å². The molecule has 0 bridgehead atoms. The Balaban J connectivity index is 1.75. The first-order chi connectivity index (χ1) is 12.7. The summed E-state index contributed by atoms with van der Waals surface area (Å²) in [5.41, 5.74) is 0.916. The van der Waals surface area contributed by atoms with Crippen LogP contribution >= 0.6 is 11.3 Å². The van der Waals surface area contributed by atoms with E-state index in [0.717, 1.165) is 23.4 Å². The summed E-state index contributed by atoms with van der Waals surface area (Å²) in [6, 6.07) is 5.84. The highest BCUT2D eigenvalue weighted by Crippen LogP contribution is 2.31. The zero-order valence-corrected chi connectivity index (χ0v) is 17.4. The zero-order valence-electron chi connectivity index (χ0n) is 16.6. The lowest BCUT2D eigenvalue weighted by Crippen LogP contribution is -2.60. The molecule has 1 saturated heterocycles. The fourth-order valence-corrected chi connectivity index (χ4v) is 4.83. The zero-order chi connectivity index (χ0) is 19.7. The second kappa shape index (κ2) is 7.56. The van der Waals surface area contributed by atoms with Crippen molar-refractivity contribution >= 4 is 23.3 Å². The fraction of sp³-hybridized carbons (Fsp3) is 0.550. The molecule has 0 radical (unpaired) electrons. The molecular weight excluding hydrogens is 360 g/mol. The van der Waals surface area contributed by atoms with Gasteiger partial charge in [0.1, 0.15) is 4.88 Å². The molecule has 2 aromatic rings. The van der Waals surface area contributed by atoms with Gasteiger partial charge in [0.05, 0.1) is 17.2 Å². The van der Waals surface area contributed by atoms with Crippen molar-refractivity contribution < 1.29 is 9.53 Å².